The van der Waals surface area contributed by atoms with Crippen molar-refractivity contribution in [2.24, 2.45) is 0 Å². The molecule has 83 heavy (non-hydrogen) atoms. The summed E-state index contributed by atoms with van der Waals surface area (Å²) < 4.78 is 3.49. The van der Waals surface area contributed by atoms with Crippen molar-refractivity contribution in [3.05, 3.63) is 257 Å². The molecule has 0 spiro atoms. The molecule has 0 bridgehead atoms. The molecule has 0 fully saturated rings. The first-order chi connectivity index (χ1) is 39.9. The van der Waals surface area contributed by atoms with E-state index in [1.165, 1.54) is 53.8 Å². The molecule has 0 saturated heterocycles. The maximum atomic E-state index is 9.35. The molecule has 6 heterocycles. The quantitative estimate of drug-likeness (QED) is 0.168. The van der Waals surface area contributed by atoms with Crippen LogP contribution in [0.5, 0.6) is 0 Å². The van der Waals surface area contributed by atoms with Crippen molar-refractivity contribution in [2.75, 3.05) is 9.80 Å². The van der Waals surface area contributed by atoms with E-state index in [4.69, 9.17) is 19.9 Å². The van der Waals surface area contributed by atoms with E-state index in [2.05, 4.69) is 229 Å². The number of benzene rings is 10. The summed E-state index contributed by atoms with van der Waals surface area (Å²) in [7, 11) is -1.45. The molecule has 13 heteroatoms. The van der Waals surface area contributed by atoms with Gasteiger partial charge in [-0.3, -0.25) is 0 Å². The zero-order chi connectivity index (χ0) is 55.9. The maximum absolute atomic E-state index is 9.35. The minimum atomic E-state index is -1.45. The van der Waals surface area contributed by atoms with Crippen molar-refractivity contribution in [1.82, 2.24) is 19.9 Å². The SMILES string of the molecule is Brc1ccc2nc3c(nc2c1)sc1ccccc13.CC1(C)c2ccccc2N(c2ccc(-c3ccc4nc5c(nc4c3)sc3ccccc35)cc2)c2ccccc21.CC1(C)c2ccccc2N(c2ccc(B(O)O)cc2)c2ccccc21.[W]. The topological polar surface area (TPSA) is 98.5 Å². The largest absolute Gasteiger partial charge is 0.488 e. The van der Waals surface area contributed by atoms with Gasteiger partial charge in [-0.2, -0.15) is 0 Å². The van der Waals surface area contributed by atoms with Gasteiger partial charge >= 0.3 is 7.12 Å². The molecular weight excluding hydrogens is 1300 g/mol. The second-order valence-corrected chi connectivity index (χ2v) is 24.8. The van der Waals surface area contributed by atoms with Crippen LogP contribution in [0.25, 0.3) is 74.1 Å². The summed E-state index contributed by atoms with van der Waals surface area (Å²) in [5.74, 6) is 0. The summed E-state index contributed by atoms with van der Waals surface area (Å²) >= 11 is 6.87. The van der Waals surface area contributed by atoms with Crippen LogP contribution in [-0.4, -0.2) is 37.1 Å². The summed E-state index contributed by atoms with van der Waals surface area (Å²) in [6.07, 6.45) is 0. The Hall–Kier alpha value is -7.93. The molecule has 0 amide bonds. The van der Waals surface area contributed by atoms with Gasteiger partial charge in [0.15, 0.2) is 0 Å². The van der Waals surface area contributed by atoms with Crippen molar-refractivity contribution in [3.63, 3.8) is 0 Å². The van der Waals surface area contributed by atoms with Gasteiger partial charge in [0.05, 0.1) is 44.8 Å². The monoisotopic (exact) mass is 1350 g/mol. The number of fused-ring (bicyclic) bond motifs is 12. The number of halogens is 1. The van der Waals surface area contributed by atoms with Crippen LogP contribution in [0.4, 0.5) is 34.1 Å². The fourth-order valence-electron chi connectivity index (χ4n) is 11.9. The standard InChI is InChI=1S/C35H25N3S.C21H20BNO2.C14H7BrN2S.W/c1-35(2)26-10-4-6-12-30(26)38(31-13-7-5-11-27(31)35)24-18-15-22(16-19-24)23-17-20-28-29(21-23)37-34-33(36-28)25-9-3-8-14-32(25)39-34;1-21(2)17-7-3-5-9-19(17)23(20-10-6-4-8-18(20)21)16-13-11-15(12-14-16)22(24)25;15-8-5-6-10-11(7-8)17-14-13(16-10)9-3-1-2-4-12(9)18-14;/h3-21H,1-2H3;3-14,24-25H,1-2H3;1-7H;. The molecule has 14 aromatic rings. The van der Waals surface area contributed by atoms with Gasteiger partial charge in [0.2, 0.25) is 0 Å². The van der Waals surface area contributed by atoms with Crippen LogP contribution in [0.2, 0.25) is 0 Å². The van der Waals surface area contributed by atoms with Gasteiger partial charge in [-0.05, 0) is 130 Å². The molecule has 2 N–H and O–H groups in total. The van der Waals surface area contributed by atoms with Gasteiger partial charge in [-0.25, -0.2) is 19.9 Å². The zero-order valence-electron chi connectivity index (χ0n) is 45.7. The van der Waals surface area contributed by atoms with E-state index in [1.807, 2.05) is 42.5 Å². The Morgan fingerprint density at radius 3 is 1.22 bits per heavy atom. The Morgan fingerprint density at radius 2 is 0.771 bits per heavy atom. The van der Waals surface area contributed by atoms with E-state index < -0.39 is 7.12 Å². The number of para-hydroxylation sites is 4. The van der Waals surface area contributed by atoms with Gasteiger partial charge in [0.25, 0.3) is 0 Å². The molecule has 0 radical (unpaired) electrons. The molecule has 2 aliphatic heterocycles. The minimum absolute atomic E-state index is 0. The van der Waals surface area contributed by atoms with Crippen LogP contribution in [0.1, 0.15) is 49.9 Å². The third-order valence-corrected chi connectivity index (χ3v) is 18.7. The summed E-state index contributed by atoms with van der Waals surface area (Å²) in [6, 6.07) is 79.9. The molecule has 10 aromatic carbocycles. The first kappa shape index (κ1) is 54.3. The van der Waals surface area contributed by atoms with Crippen LogP contribution in [0, 0.1) is 0 Å². The summed E-state index contributed by atoms with van der Waals surface area (Å²) in [4.78, 5) is 26.0. The maximum Gasteiger partial charge on any atom is 0.488 e. The second kappa shape index (κ2) is 21.7. The van der Waals surface area contributed by atoms with E-state index in [9.17, 15) is 10.0 Å². The van der Waals surface area contributed by atoms with Crippen LogP contribution in [0.15, 0.2) is 235 Å². The number of anilines is 6. The normalized spacial score (nSPS) is 13.5. The Morgan fingerprint density at radius 1 is 0.398 bits per heavy atom. The van der Waals surface area contributed by atoms with Crippen LogP contribution in [0.3, 0.4) is 0 Å². The summed E-state index contributed by atoms with van der Waals surface area (Å²) in [6.45, 7) is 9.15. The van der Waals surface area contributed by atoms with Gasteiger partial charge in [-0.1, -0.05) is 183 Å². The second-order valence-electron chi connectivity index (χ2n) is 21.8. The van der Waals surface area contributed by atoms with Crippen molar-refractivity contribution in [2.45, 2.75) is 38.5 Å². The van der Waals surface area contributed by atoms with Crippen LogP contribution in [-0.2, 0) is 31.9 Å². The average molecular weight is 1350 g/mol. The predicted molar refractivity (Wildman–Crippen MR) is 348 cm³/mol. The number of thiophene rings is 2. The van der Waals surface area contributed by atoms with Crippen molar-refractivity contribution in [1.29, 1.82) is 0 Å². The van der Waals surface area contributed by atoms with Crippen molar-refractivity contribution >= 4 is 148 Å². The average Bonchev–Trinajstić information content (AvgIpc) is 2.52. The van der Waals surface area contributed by atoms with E-state index in [0.717, 1.165) is 81.1 Å². The summed E-state index contributed by atoms with van der Waals surface area (Å²) in [5.41, 5.74) is 20.6. The van der Waals surface area contributed by atoms with Crippen LogP contribution < -0.4 is 15.3 Å². The third kappa shape index (κ3) is 9.61. The number of hydrogen-bond acceptors (Lipinski definition) is 10. The third-order valence-electron chi connectivity index (χ3n) is 16.1. The Balaban J connectivity index is 0.000000126. The van der Waals surface area contributed by atoms with Crippen molar-refractivity contribution in [3.8, 4) is 11.1 Å². The van der Waals surface area contributed by atoms with E-state index in [0.29, 0.717) is 5.46 Å². The van der Waals surface area contributed by atoms with Gasteiger partial charge in [0, 0.05) is 67.9 Å². The number of aromatic nitrogens is 4. The first-order valence-corrected chi connectivity index (χ1v) is 29.7. The van der Waals surface area contributed by atoms with E-state index in [-0.39, 0.29) is 31.9 Å². The fourth-order valence-corrected chi connectivity index (χ4v) is 14.3. The molecule has 402 valence electrons. The smallest absolute Gasteiger partial charge is 0.423 e. The predicted octanol–water partition coefficient (Wildman–Crippen LogP) is 18.0. The molecule has 0 atom stereocenters. The first-order valence-electron chi connectivity index (χ1n) is 27.3. The molecule has 0 saturated carbocycles. The Kier molecular flexibility index (Phi) is 14.2. The Bertz CT molecular complexity index is 4700. The minimum Gasteiger partial charge on any atom is -0.423 e. The molecular formula is C70H52BBrN6O2S2W. The molecule has 0 unspecified atom stereocenters. The Labute approximate surface area is 512 Å². The van der Waals surface area contributed by atoms with Gasteiger partial charge in [0.1, 0.15) is 20.7 Å². The molecule has 8 nitrogen and oxygen atoms in total. The number of nitrogens with zero attached hydrogens (tertiary/aromatic N) is 6. The van der Waals surface area contributed by atoms with E-state index >= 15 is 0 Å². The number of hydrogen-bond donors (Lipinski definition) is 2. The van der Waals surface area contributed by atoms with Crippen molar-refractivity contribution < 1.29 is 31.1 Å². The summed E-state index contributed by atoms with van der Waals surface area (Å²) in [5, 5.41) is 21.1. The molecule has 4 aromatic heterocycles. The molecule has 0 aliphatic carbocycles. The molecule has 2 aliphatic rings. The number of rotatable bonds is 4. The molecule has 16 rings (SSSR count). The van der Waals surface area contributed by atoms with Gasteiger partial charge < -0.3 is 19.8 Å². The van der Waals surface area contributed by atoms with E-state index in [1.54, 1.807) is 34.8 Å². The fraction of sp³-hybridized carbons (Fsp3) is 0.0857. The van der Waals surface area contributed by atoms with Gasteiger partial charge in [-0.15, -0.1) is 22.7 Å². The zero-order valence-corrected chi connectivity index (χ0v) is 51.8. The van der Waals surface area contributed by atoms with Crippen LogP contribution >= 0.6 is 38.6 Å².